The normalized spacial score (nSPS) is 10.1. The molecule has 180 valence electrons. The van der Waals surface area contributed by atoms with Gasteiger partial charge in [-0.15, -0.1) is 0 Å². The van der Waals surface area contributed by atoms with Gasteiger partial charge in [-0.2, -0.15) is 0 Å². The van der Waals surface area contributed by atoms with Gasteiger partial charge in [0.1, 0.15) is 24.7 Å². The fourth-order valence-electron chi connectivity index (χ4n) is 2.50. The second-order valence-electron chi connectivity index (χ2n) is 7.10. The number of carbonyl (C=O) groups excluding carboxylic acids is 4. The van der Waals surface area contributed by atoms with Crippen LogP contribution in [0.4, 0.5) is 9.59 Å². The molecule has 0 fully saturated rings. The molecule has 0 unspecified atom stereocenters. The number of ether oxygens (including phenoxy) is 4. The molecule has 0 heterocycles. The number of rotatable bonds is 10. The largest absolute Gasteiger partial charge is 0.460 e. The fourth-order valence-corrected chi connectivity index (χ4v) is 2.50. The number of nitrogens with one attached hydrogen (secondary N) is 2. The summed E-state index contributed by atoms with van der Waals surface area (Å²) in [4.78, 5) is 46.6. The van der Waals surface area contributed by atoms with E-state index in [9.17, 15) is 19.2 Å². The van der Waals surface area contributed by atoms with Crippen molar-refractivity contribution in [1.29, 1.82) is 0 Å². The first-order valence-corrected chi connectivity index (χ1v) is 10.3. The molecule has 0 saturated heterocycles. The Morgan fingerprint density at radius 2 is 1.35 bits per heavy atom. The predicted octanol–water partition coefficient (Wildman–Crippen LogP) is 3.26. The zero-order valence-corrected chi connectivity index (χ0v) is 19.0. The first-order valence-electron chi connectivity index (χ1n) is 10.3. The molecule has 0 bridgehead atoms. The van der Waals surface area contributed by atoms with Crippen LogP contribution in [0.2, 0.25) is 0 Å². The SMILES string of the molecule is C=C(C)C(=O)OCCNC(=O)Oc1ccc2c(OC(=O)NCCOC(=O)C(=C)C)cccc2c1. The fraction of sp³-hybridized carbons (Fsp3) is 0.250. The third kappa shape index (κ3) is 8.30. The summed E-state index contributed by atoms with van der Waals surface area (Å²) in [5, 5.41) is 6.23. The van der Waals surface area contributed by atoms with Gasteiger partial charge in [0, 0.05) is 16.5 Å². The average molecular weight is 470 g/mol. The van der Waals surface area contributed by atoms with E-state index in [4.69, 9.17) is 18.9 Å². The van der Waals surface area contributed by atoms with Crippen LogP contribution in [0.1, 0.15) is 13.8 Å². The monoisotopic (exact) mass is 470 g/mol. The third-order valence-corrected chi connectivity index (χ3v) is 4.13. The number of fused-ring (bicyclic) bond motifs is 1. The lowest BCUT2D eigenvalue weighted by Gasteiger charge is -2.11. The maximum absolute atomic E-state index is 12.0. The van der Waals surface area contributed by atoms with Crippen molar-refractivity contribution in [3.05, 3.63) is 60.7 Å². The molecule has 2 amide bonds. The van der Waals surface area contributed by atoms with Gasteiger partial charge in [-0.3, -0.25) is 0 Å². The van der Waals surface area contributed by atoms with Crippen molar-refractivity contribution in [2.24, 2.45) is 0 Å². The molecule has 34 heavy (non-hydrogen) atoms. The molecular formula is C24H26N2O8. The van der Waals surface area contributed by atoms with Gasteiger partial charge in [-0.25, -0.2) is 19.2 Å². The van der Waals surface area contributed by atoms with Crippen LogP contribution in [-0.2, 0) is 19.1 Å². The molecule has 10 nitrogen and oxygen atoms in total. The maximum atomic E-state index is 12.0. The minimum Gasteiger partial charge on any atom is -0.460 e. The Bertz CT molecular complexity index is 1110. The van der Waals surface area contributed by atoms with Crippen LogP contribution < -0.4 is 20.1 Å². The highest BCUT2D eigenvalue weighted by Crippen LogP contribution is 2.29. The molecule has 0 radical (unpaired) electrons. The number of amides is 2. The van der Waals surface area contributed by atoms with Crippen LogP contribution in [0, 0.1) is 0 Å². The Hall–Kier alpha value is -4.34. The summed E-state index contributed by atoms with van der Waals surface area (Å²) < 4.78 is 20.3. The smallest absolute Gasteiger partial charge is 0.412 e. The van der Waals surface area contributed by atoms with Gasteiger partial charge in [0.25, 0.3) is 0 Å². The van der Waals surface area contributed by atoms with E-state index >= 15 is 0 Å². The zero-order chi connectivity index (χ0) is 25.1. The highest BCUT2D eigenvalue weighted by atomic mass is 16.6. The van der Waals surface area contributed by atoms with Crippen LogP contribution in [0.25, 0.3) is 10.8 Å². The number of esters is 2. The Morgan fingerprint density at radius 1 is 0.794 bits per heavy atom. The van der Waals surface area contributed by atoms with E-state index in [2.05, 4.69) is 23.8 Å². The summed E-state index contributed by atoms with van der Waals surface area (Å²) >= 11 is 0. The van der Waals surface area contributed by atoms with Gasteiger partial charge in [-0.05, 0) is 43.5 Å². The maximum Gasteiger partial charge on any atom is 0.412 e. The van der Waals surface area contributed by atoms with E-state index in [0.717, 1.165) is 0 Å². The highest BCUT2D eigenvalue weighted by Gasteiger charge is 2.11. The highest BCUT2D eigenvalue weighted by molar-refractivity contribution is 5.91. The van der Waals surface area contributed by atoms with Gasteiger partial charge in [-0.1, -0.05) is 25.3 Å². The molecule has 2 aromatic carbocycles. The van der Waals surface area contributed by atoms with Crippen molar-refractivity contribution < 1.29 is 38.1 Å². The van der Waals surface area contributed by atoms with Gasteiger partial charge in [0.05, 0.1) is 13.1 Å². The number of hydrogen-bond donors (Lipinski definition) is 2. The Balaban J connectivity index is 1.87. The van der Waals surface area contributed by atoms with Crippen molar-refractivity contribution in [3.63, 3.8) is 0 Å². The standard InChI is InChI=1S/C24H26N2O8/c1-15(2)21(27)31-12-10-25-23(29)33-18-8-9-19-17(14-18)6-5-7-20(19)34-24(30)26-11-13-32-22(28)16(3)4/h5-9,14H,1,3,10-13H2,2,4H3,(H,25,29)(H,26,30). The molecule has 0 aliphatic carbocycles. The van der Waals surface area contributed by atoms with Crippen LogP contribution >= 0.6 is 0 Å². The lowest BCUT2D eigenvalue weighted by Crippen LogP contribution is -2.30. The van der Waals surface area contributed by atoms with Crippen LogP contribution in [0.5, 0.6) is 11.5 Å². The molecule has 2 N–H and O–H groups in total. The lowest BCUT2D eigenvalue weighted by atomic mass is 10.1. The van der Waals surface area contributed by atoms with Crippen molar-refractivity contribution >= 4 is 34.9 Å². The second-order valence-corrected chi connectivity index (χ2v) is 7.10. The molecule has 10 heteroatoms. The van der Waals surface area contributed by atoms with Crippen molar-refractivity contribution in [3.8, 4) is 11.5 Å². The summed E-state index contributed by atoms with van der Waals surface area (Å²) in [7, 11) is 0. The zero-order valence-electron chi connectivity index (χ0n) is 19.0. The van der Waals surface area contributed by atoms with Gasteiger partial charge in [0.2, 0.25) is 0 Å². The summed E-state index contributed by atoms with van der Waals surface area (Å²) in [6, 6.07) is 9.85. The van der Waals surface area contributed by atoms with Crippen molar-refractivity contribution in [1.82, 2.24) is 10.6 Å². The van der Waals surface area contributed by atoms with Crippen molar-refractivity contribution in [2.75, 3.05) is 26.3 Å². The average Bonchev–Trinajstić information content (AvgIpc) is 2.79. The lowest BCUT2D eigenvalue weighted by molar-refractivity contribution is -0.139. The van der Waals surface area contributed by atoms with Crippen LogP contribution in [0.3, 0.4) is 0 Å². The molecular weight excluding hydrogens is 444 g/mol. The predicted molar refractivity (Wildman–Crippen MR) is 124 cm³/mol. The first-order chi connectivity index (χ1) is 16.2. The molecule has 0 atom stereocenters. The summed E-state index contributed by atoms with van der Waals surface area (Å²) in [6.45, 7) is 10.1. The summed E-state index contributed by atoms with van der Waals surface area (Å²) in [5.41, 5.74) is 0.534. The van der Waals surface area contributed by atoms with E-state index < -0.39 is 24.1 Å². The Morgan fingerprint density at radius 3 is 1.91 bits per heavy atom. The van der Waals surface area contributed by atoms with E-state index in [0.29, 0.717) is 16.5 Å². The van der Waals surface area contributed by atoms with E-state index in [-0.39, 0.29) is 43.2 Å². The first kappa shape index (κ1) is 25.9. The van der Waals surface area contributed by atoms with E-state index in [1.165, 1.54) is 13.8 Å². The Kier molecular flexibility index (Phi) is 9.63. The number of carbonyl (C=O) groups is 4. The van der Waals surface area contributed by atoms with E-state index in [1.807, 2.05) is 0 Å². The number of benzene rings is 2. The minimum absolute atomic E-state index is 0.0163. The number of hydrogen-bond acceptors (Lipinski definition) is 8. The molecule has 0 aliphatic heterocycles. The quantitative estimate of drug-likeness (QED) is 0.308. The molecule has 0 aliphatic rings. The third-order valence-electron chi connectivity index (χ3n) is 4.13. The van der Waals surface area contributed by atoms with Gasteiger partial charge >= 0.3 is 24.1 Å². The molecule has 0 aromatic heterocycles. The molecule has 2 aromatic rings. The molecule has 2 rings (SSSR count). The topological polar surface area (TPSA) is 129 Å². The van der Waals surface area contributed by atoms with Gasteiger partial charge in [0.15, 0.2) is 0 Å². The van der Waals surface area contributed by atoms with Gasteiger partial charge < -0.3 is 29.6 Å². The molecule has 0 spiro atoms. The van der Waals surface area contributed by atoms with E-state index in [1.54, 1.807) is 36.4 Å². The molecule has 0 saturated carbocycles. The van der Waals surface area contributed by atoms with Crippen LogP contribution in [-0.4, -0.2) is 50.4 Å². The minimum atomic E-state index is -0.718. The van der Waals surface area contributed by atoms with Crippen LogP contribution in [0.15, 0.2) is 60.7 Å². The summed E-state index contributed by atoms with van der Waals surface area (Å²) in [6.07, 6.45) is -1.43. The Labute approximate surface area is 196 Å². The second kappa shape index (κ2) is 12.6. The summed E-state index contributed by atoms with van der Waals surface area (Å²) in [5.74, 6) is -0.515. The van der Waals surface area contributed by atoms with Crippen molar-refractivity contribution in [2.45, 2.75) is 13.8 Å².